The topological polar surface area (TPSA) is 158 Å². The summed E-state index contributed by atoms with van der Waals surface area (Å²) in [6, 6.07) is 14.7. The molecular formula is C32H34F9N5O7. The number of carbonyl (C=O) groups is 3. The number of hydrogen-bond acceptors (Lipinski definition) is 8. The van der Waals surface area contributed by atoms with Crippen LogP contribution in [0.3, 0.4) is 0 Å². The number of carboxylic acid groups (broad SMARTS) is 3. The second-order valence-corrected chi connectivity index (χ2v) is 11.8. The minimum atomic E-state index is -5.08. The van der Waals surface area contributed by atoms with Crippen molar-refractivity contribution in [3.63, 3.8) is 0 Å². The van der Waals surface area contributed by atoms with Crippen molar-refractivity contribution in [2.45, 2.75) is 62.9 Å². The van der Waals surface area contributed by atoms with Crippen LogP contribution >= 0.6 is 0 Å². The lowest BCUT2D eigenvalue weighted by molar-refractivity contribution is -0.193. The van der Waals surface area contributed by atoms with E-state index in [0.29, 0.717) is 0 Å². The third-order valence-corrected chi connectivity index (χ3v) is 8.11. The van der Waals surface area contributed by atoms with E-state index in [1.807, 2.05) is 12.3 Å². The molecule has 3 aliphatic heterocycles. The van der Waals surface area contributed by atoms with E-state index < -0.39 is 36.4 Å². The summed E-state index contributed by atoms with van der Waals surface area (Å²) in [5.41, 5.74) is 4.58. The van der Waals surface area contributed by atoms with Crippen molar-refractivity contribution < 1.29 is 74.0 Å². The van der Waals surface area contributed by atoms with Crippen LogP contribution in [0.5, 0.6) is 5.75 Å². The number of aliphatic carboxylic acids is 3. The number of piperidine rings is 1. The predicted octanol–water partition coefficient (Wildman–Crippen LogP) is 5.82. The second kappa shape index (κ2) is 17.7. The molecule has 1 spiro atoms. The number of pyridine rings is 1. The van der Waals surface area contributed by atoms with Crippen molar-refractivity contribution in [3.8, 4) is 17.0 Å². The molecule has 0 bridgehead atoms. The lowest BCUT2D eigenvalue weighted by atomic mass is 9.81. The zero-order valence-electron chi connectivity index (χ0n) is 27.6. The number of halogens is 9. The zero-order valence-corrected chi connectivity index (χ0v) is 27.6. The Hall–Kier alpha value is -4.92. The SMILES string of the molecule is O=C(O)C(F)(F)F.O=C(O)C(F)(F)F.O=C(O)C(F)(F)F.c1ccc(CN2CCC3(CC2)Oc2ccccc2-c2c3cnn2CCN2CCCC2)nc1. The van der Waals surface area contributed by atoms with Gasteiger partial charge in [0.05, 0.1) is 24.1 Å². The maximum absolute atomic E-state index is 10.6. The van der Waals surface area contributed by atoms with E-state index in [-0.39, 0.29) is 5.60 Å². The Kier molecular flexibility index (Phi) is 14.2. The lowest BCUT2D eigenvalue weighted by Gasteiger charge is -2.44. The largest absolute Gasteiger partial charge is 0.490 e. The van der Waals surface area contributed by atoms with Gasteiger partial charge in [0.2, 0.25) is 0 Å². The Labute approximate surface area is 295 Å². The highest BCUT2D eigenvalue weighted by atomic mass is 19.4. The molecular weight excluding hydrogens is 737 g/mol. The molecule has 2 aromatic heterocycles. The molecule has 3 aliphatic rings. The molecule has 0 atom stereocenters. The zero-order chi connectivity index (χ0) is 39.6. The van der Waals surface area contributed by atoms with Gasteiger partial charge in [0, 0.05) is 56.3 Å². The van der Waals surface area contributed by atoms with Crippen molar-refractivity contribution in [1.29, 1.82) is 0 Å². The summed E-state index contributed by atoms with van der Waals surface area (Å²) in [4.78, 5) is 36.3. The fourth-order valence-corrected chi connectivity index (χ4v) is 5.60. The first-order valence-corrected chi connectivity index (χ1v) is 15.7. The third-order valence-electron chi connectivity index (χ3n) is 8.11. The van der Waals surface area contributed by atoms with Gasteiger partial charge in [-0.1, -0.05) is 18.2 Å². The molecule has 2 fully saturated rings. The van der Waals surface area contributed by atoms with E-state index in [2.05, 4.69) is 62.1 Å². The number of nitrogens with zero attached hydrogens (tertiary/aromatic N) is 5. The normalized spacial score (nSPS) is 16.6. The van der Waals surface area contributed by atoms with E-state index in [0.717, 1.165) is 57.0 Å². The standard InChI is InChI=1S/C26H31N5O.3C2HF3O2/c1-2-9-24-22(8-1)25-23(19-28-31(25)18-17-29-13-5-6-14-29)26(32-24)10-15-30(16-11-26)20-21-7-3-4-12-27-21;3*3-2(4,5)1(6)7/h1-4,7-9,12,19H,5-6,10-11,13-18,20H2;3*(H,6,7). The number of para-hydroxylation sites is 1. The average molecular weight is 772 g/mol. The predicted molar refractivity (Wildman–Crippen MR) is 165 cm³/mol. The molecule has 0 unspecified atom stereocenters. The van der Waals surface area contributed by atoms with Gasteiger partial charge < -0.3 is 25.0 Å². The molecule has 292 valence electrons. The summed E-state index contributed by atoms with van der Waals surface area (Å²) in [6.45, 7) is 7.34. The van der Waals surface area contributed by atoms with Crippen molar-refractivity contribution in [2.24, 2.45) is 0 Å². The molecule has 0 saturated carbocycles. The lowest BCUT2D eigenvalue weighted by Crippen LogP contribution is -2.47. The Balaban J connectivity index is 0.000000296. The van der Waals surface area contributed by atoms with Crippen LogP contribution < -0.4 is 4.74 Å². The summed E-state index contributed by atoms with van der Waals surface area (Å²) in [7, 11) is 0. The van der Waals surface area contributed by atoms with Gasteiger partial charge in [-0.25, -0.2) is 14.4 Å². The van der Waals surface area contributed by atoms with Crippen molar-refractivity contribution in [2.75, 3.05) is 32.7 Å². The molecule has 12 nitrogen and oxygen atoms in total. The number of carboxylic acids is 3. The maximum Gasteiger partial charge on any atom is 0.490 e. The van der Waals surface area contributed by atoms with Gasteiger partial charge in [-0.2, -0.15) is 44.6 Å². The van der Waals surface area contributed by atoms with Gasteiger partial charge >= 0.3 is 36.4 Å². The van der Waals surface area contributed by atoms with E-state index >= 15 is 0 Å². The minimum absolute atomic E-state index is 0.282. The monoisotopic (exact) mass is 771 g/mol. The number of hydrogen-bond donors (Lipinski definition) is 3. The molecule has 3 aromatic rings. The van der Waals surface area contributed by atoms with Crippen LogP contribution in [0.1, 0.15) is 36.9 Å². The summed E-state index contributed by atoms with van der Waals surface area (Å²) >= 11 is 0. The van der Waals surface area contributed by atoms with Gasteiger partial charge in [-0.3, -0.25) is 14.6 Å². The number of ether oxygens (including phenoxy) is 1. The molecule has 6 rings (SSSR count). The number of alkyl halides is 9. The molecule has 0 amide bonds. The summed E-state index contributed by atoms with van der Waals surface area (Å²) in [6.07, 6.45) is -6.69. The van der Waals surface area contributed by atoms with Gasteiger partial charge in [-0.05, 0) is 50.2 Å². The molecule has 3 N–H and O–H groups in total. The first kappa shape index (κ1) is 42.5. The van der Waals surface area contributed by atoms with Gasteiger partial charge in [-0.15, -0.1) is 0 Å². The van der Waals surface area contributed by atoms with Gasteiger partial charge in [0.1, 0.15) is 11.4 Å². The Bertz CT molecular complexity index is 1610. The third kappa shape index (κ3) is 12.3. The first-order chi connectivity index (χ1) is 24.6. The van der Waals surface area contributed by atoms with Gasteiger partial charge in [0.25, 0.3) is 0 Å². The highest BCUT2D eigenvalue weighted by Gasteiger charge is 2.45. The quantitative estimate of drug-likeness (QED) is 0.269. The highest BCUT2D eigenvalue weighted by molar-refractivity contribution is 5.74. The van der Waals surface area contributed by atoms with Crippen LogP contribution in [-0.2, 0) is 33.1 Å². The molecule has 53 heavy (non-hydrogen) atoms. The molecule has 0 aliphatic carbocycles. The molecule has 0 radical (unpaired) electrons. The molecule has 21 heteroatoms. The van der Waals surface area contributed by atoms with E-state index in [9.17, 15) is 39.5 Å². The number of benzene rings is 1. The van der Waals surface area contributed by atoms with Crippen molar-refractivity contribution in [1.82, 2.24) is 24.6 Å². The minimum Gasteiger partial charge on any atom is -0.482 e. The maximum atomic E-state index is 10.6. The number of likely N-dealkylation sites (tertiary alicyclic amines) is 2. The van der Waals surface area contributed by atoms with Crippen LogP contribution in [0.25, 0.3) is 11.3 Å². The van der Waals surface area contributed by atoms with Crippen molar-refractivity contribution in [3.05, 3.63) is 66.1 Å². The Morgan fingerprint density at radius 2 is 1.23 bits per heavy atom. The van der Waals surface area contributed by atoms with Crippen molar-refractivity contribution >= 4 is 17.9 Å². The number of rotatable bonds is 5. The molecule has 5 heterocycles. The summed E-state index contributed by atoms with van der Waals surface area (Å²) in [5.74, 6) is -7.27. The Morgan fingerprint density at radius 1 is 0.717 bits per heavy atom. The van der Waals surface area contributed by atoms with Crippen LogP contribution in [0.4, 0.5) is 39.5 Å². The Morgan fingerprint density at radius 3 is 1.72 bits per heavy atom. The van der Waals surface area contributed by atoms with Crippen LogP contribution in [0, 0.1) is 0 Å². The second-order valence-electron chi connectivity index (χ2n) is 11.8. The van der Waals surface area contributed by atoms with E-state index in [1.54, 1.807) is 0 Å². The fraction of sp³-hybridized carbons (Fsp3) is 0.469. The van der Waals surface area contributed by atoms with Crippen LogP contribution in [0.15, 0.2) is 54.9 Å². The summed E-state index contributed by atoms with van der Waals surface area (Å²) in [5, 5.41) is 26.3. The smallest absolute Gasteiger partial charge is 0.482 e. The van der Waals surface area contributed by atoms with Crippen LogP contribution in [0.2, 0.25) is 0 Å². The van der Waals surface area contributed by atoms with Crippen LogP contribution in [-0.4, -0.2) is 109 Å². The van der Waals surface area contributed by atoms with E-state index in [1.165, 1.54) is 42.8 Å². The molecule has 1 aromatic carbocycles. The number of aromatic nitrogens is 3. The first-order valence-electron chi connectivity index (χ1n) is 15.7. The summed E-state index contributed by atoms with van der Waals surface area (Å²) < 4.78 is 104. The van der Waals surface area contributed by atoms with E-state index in [4.69, 9.17) is 39.5 Å². The molecule has 2 saturated heterocycles. The van der Waals surface area contributed by atoms with Gasteiger partial charge in [0.15, 0.2) is 0 Å². The number of fused-ring (bicyclic) bond motifs is 4. The highest BCUT2D eigenvalue weighted by Crippen LogP contribution is 2.49. The fourth-order valence-electron chi connectivity index (χ4n) is 5.60. The average Bonchev–Trinajstić information content (AvgIpc) is 3.76.